The summed E-state index contributed by atoms with van der Waals surface area (Å²) in [6, 6.07) is 5.61. The molecule has 96 valence electrons. The maximum atomic E-state index is 5.67. The Morgan fingerprint density at radius 1 is 1.50 bits per heavy atom. The van der Waals surface area contributed by atoms with E-state index in [2.05, 4.69) is 16.9 Å². The van der Waals surface area contributed by atoms with Crippen molar-refractivity contribution < 1.29 is 4.42 Å². The van der Waals surface area contributed by atoms with Gasteiger partial charge in [0.2, 0.25) is 0 Å². The number of amidine groups is 1. The van der Waals surface area contributed by atoms with Crippen LogP contribution in [0.5, 0.6) is 0 Å². The van der Waals surface area contributed by atoms with Gasteiger partial charge in [-0.1, -0.05) is 19.4 Å². The molecule has 1 aromatic heterocycles. The van der Waals surface area contributed by atoms with Crippen LogP contribution in [-0.2, 0) is 6.42 Å². The van der Waals surface area contributed by atoms with Gasteiger partial charge in [0, 0.05) is 6.42 Å². The van der Waals surface area contributed by atoms with Gasteiger partial charge in [0.15, 0.2) is 11.5 Å². The summed E-state index contributed by atoms with van der Waals surface area (Å²) in [4.78, 5) is 8.70. The molecule has 2 rings (SSSR count). The molecule has 0 fully saturated rings. The lowest BCUT2D eigenvalue weighted by Gasteiger charge is -1.96. The summed E-state index contributed by atoms with van der Waals surface area (Å²) in [5, 5.41) is 0. The van der Waals surface area contributed by atoms with E-state index in [1.54, 1.807) is 0 Å². The first-order valence-corrected chi connectivity index (χ1v) is 6.55. The molecular formula is C13H16ClN3O. The summed E-state index contributed by atoms with van der Waals surface area (Å²) in [5.74, 6) is 1.33. The number of nitrogens with zero attached hydrogens (tertiary/aromatic N) is 2. The number of aromatic nitrogens is 1. The van der Waals surface area contributed by atoms with E-state index < -0.39 is 0 Å². The summed E-state index contributed by atoms with van der Waals surface area (Å²) >= 11 is 5.63. The first kappa shape index (κ1) is 12.9. The molecule has 0 aliphatic rings. The summed E-state index contributed by atoms with van der Waals surface area (Å²) in [5.41, 5.74) is 7.84. The second-order valence-electron chi connectivity index (χ2n) is 4.07. The maximum absolute atomic E-state index is 5.67. The largest absolute Gasteiger partial charge is 0.441 e. The standard InChI is InChI=1S/C13H16ClN3O/c1-2-3-7-12-17-13-9(16-11(15)8-14)5-4-6-10(13)18-12/h4-6H,2-3,7-8H2,1H3,(H2,15,16). The predicted molar refractivity (Wildman–Crippen MR) is 74.6 cm³/mol. The summed E-state index contributed by atoms with van der Waals surface area (Å²) in [6.45, 7) is 2.14. The van der Waals surface area contributed by atoms with E-state index in [9.17, 15) is 0 Å². The molecule has 1 aromatic carbocycles. The van der Waals surface area contributed by atoms with Crippen LogP contribution in [0.3, 0.4) is 0 Å². The summed E-state index contributed by atoms with van der Waals surface area (Å²) < 4.78 is 5.67. The van der Waals surface area contributed by atoms with Crippen LogP contribution in [0.1, 0.15) is 25.7 Å². The molecule has 4 nitrogen and oxygen atoms in total. The highest BCUT2D eigenvalue weighted by atomic mass is 35.5. The zero-order chi connectivity index (χ0) is 13.0. The minimum atomic E-state index is 0.205. The van der Waals surface area contributed by atoms with Crippen LogP contribution in [0, 0.1) is 0 Å². The molecule has 0 aliphatic carbocycles. The van der Waals surface area contributed by atoms with Gasteiger partial charge in [0.05, 0.1) is 11.6 Å². The number of hydrogen-bond donors (Lipinski definition) is 1. The van der Waals surface area contributed by atoms with Crippen molar-refractivity contribution in [2.75, 3.05) is 5.88 Å². The summed E-state index contributed by atoms with van der Waals surface area (Å²) in [6.07, 6.45) is 3.03. The van der Waals surface area contributed by atoms with Gasteiger partial charge in [-0.15, -0.1) is 11.6 Å². The highest BCUT2D eigenvalue weighted by Crippen LogP contribution is 2.26. The van der Waals surface area contributed by atoms with Crippen molar-refractivity contribution in [1.29, 1.82) is 0 Å². The molecular weight excluding hydrogens is 250 g/mol. The molecule has 0 amide bonds. The van der Waals surface area contributed by atoms with Crippen LogP contribution >= 0.6 is 11.6 Å². The molecule has 0 saturated heterocycles. The second-order valence-corrected chi connectivity index (χ2v) is 4.34. The lowest BCUT2D eigenvalue weighted by molar-refractivity contribution is 0.517. The Balaban J connectivity index is 2.39. The zero-order valence-electron chi connectivity index (χ0n) is 10.3. The van der Waals surface area contributed by atoms with E-state index in [1.807, 2.05) is 18.2 Å². The Hall–Kier alpha value is -1.55. The monoisotopic (exact) mass is 265 g/mol. The molecule has 0 radical (unpaired) electrons. The van der Waals surface area contributed by atoms with Crippen molar-refractivity contribution in [3.63, 3.8) is 0 Å². The normalized spacial score (nSPS) is 12.2. The minimum Gasteiger partial charge on any atom is -0.441 e. The van der Waals surface area contributed by atoms with Crippen molar-refractivity contribution in [2.45, 2.75) is 26.2 Å². The third kappa shape index (κ3) is 2.82. The van der Waals surface area contributed by atoms with E-state index in [0.29, 0.717) is 11.5 Å². The topological polar surface area (TPSA) is 64.4 Å². The number of alkyl halides is 1. The molecule has 0 saturated carbocycles. The molecule has 0 spiro atoms. The average molecular weight is 266 g/mol. The van der Waals surface area contributed by atoms with Crippen LogP contribution in [0.2, 0.25) is 0 Å². The van der Waals surface area contributed by atoms with Gasteiger partial charge in [0.25, 0.3) is 0 Å². The Morgan fingerprint density at radius 3 is 3.06 bits per heavy atom. The Labute approximate surface area is 111 Å². The number of benzene rings is 1. The Bertz CT molecular complexity index is 562. The number of aliphatic imine (C=N–C) groups is 1. The number of oxazole rings is 1. The van der Waals surface area contributed by atoms with Crippen LogP contribution in [-0.4, -0.2) is 16.7 Å². The van der Waals surface area contributed by atoms with Crippen LogP contribution in [0.25, 0.3) is 11.1 Å². The van der Waals surface area contributed by atoms with E-state index in [4.69, 9.17) is 21.8 Å². The highest BCUT2D eigenvalue weighted by Gasteiger charge is 2.09. The molecule has 1 heterocycles. The molecule has 2 N–H and O–H groups in total. The number of nitrogens with two attached hydrogens (primary N) is 1. The van der Waals surface area contributed by atoms with E-state index in [-0.39, 0.29) is 5.88 Å². The first-order chi connectivity index (χ1) is 8.74. The quantitative estimate of drug-likeness (QED) is 0.512. The summed E-state index contributed by atoms with van der Waals surface area (Å²) in [7, 11) is 0. The van der Waals surface area contributed by atoms with Gasteiger partial charge in [-0.05, 0) is 18.6 Å². The van der Waals surface area contributed by atoms with Crippen molar-refractivity contribution in [3.8, 4) is 0 Å². The van der Waals surface area contributed by atoms with Crippen molar-refractivity contribution in [1.82, 2.24) is 4.98 Å². The SMILES string of the molecule is CCCCc1nc2c(N=C(N)CCl)cccc2o1. The lowest BCUT2D eigenvalue weighted by atomic mass is 10.2. The maximum Gasteiger partial charge on any atom is 0.195 e. The van der Waals surface area contributed by atoms with Crippen LogP contribution in [0.4, 0.5) is 5.69 Å². The molecule has 0 aliphatic heterocycles. The third-order valence-electron chi connectivity index (χ3n) is 2.59. The fourth-order valence-corrected chi connectivity index (χ4v) is 1.75. The molecule has 2 aromatic rings. The lowest BCUT2D eigenvalue weighted by Crippen LogP contribution is -2.12. The highest BCUT2D eigenvalue weighted by molar-refractivity contribution is 6.28. The third-order valence-corrected chi connectivity index (χ3v) is 2.86. The van der Waals surface area contributed by atoms with Gasteiger partial charge in [-0.3, -0.25) is 0 Å². The number of unbranched alkanes of at least 4 members (excludes halogenated alkanes) is 1. The average Bonchev–Trinajstić information content (AvgIpc) is 2.80. The van der Waals surface area contributed by atoms with Gasteiger partial charge in [-0.2, -0.15) is 0 Å². The Kier molecular flexibility index (Phi) is 4.20. The Morgan fingerprint density at radius 2 is 2.33 bits per heavy atom. The predicted octanol–water partition coefficient (Wildman–Crippen LogP) is 3.40. The number of fused-ring (bicyclic) bond motifs is 1. The van der Waals surface area contributed by atoms with Crippen LogP contribution in [0.15, 0.2) is 27.6 Å². The van der Waals surface area contributed by atoms with Gasteiger partial charge >= 0.3 is 0 Å². The number of halogens is 1. The number of hydrogen-bond acceptors (Lipinski definition) is 3. The molecule has 0 bridgehead atoms. The second kappa shape index (κ2) is 5.87. The van der Waals surface area contributed by atoms with Crippen molar-refractivity contribution in [3.05, 3.63) is 24.1 Å². The van der Waals surface area contributed by atoms with Gasteiger partial charge in [0.1, 0.15) is 11.4 Å². The fraction of sp³-hybridized carbons (Fsp3) is 0.385. The van der Waals surface area contributed by atoms with E-state index in [1.165, 1.54) is 0 Å². The molecule has 0 unspecified atom stereocenters. The smallest absolute Gasteiger partial charge is 0.195 e. The van der Waals surface area contributed by atoms with E-state index in [0.717, 1.165) is 36.3 Å². The van der Waals surface area contributed by atoms with Gasteiger partial charge < -0.3 is 10.2 Å². The van der Waals surface area contributed by atoms with Crippen LogP contribution < -0.4 is 5.73 Å². The number of rotatable bonds is 5. The molecule has 18 heavy (non-hydrogen) atoms. The zero-order valence-corrected chi connectivity index (χ0v) is 11.1. The number of aryl methyl sites for hydroxylation is 1. The minimum absolute atomic E-state index is 0.205. The van der Waals surface area contributed by atoms with Crippen molar-refractivity contribution >= 4 is 34.2 Å². The van der Waals surface area contributed by atoms with Crippen molar-refractivity contribution in [2.24, 2.45) is 10.7 Å². The van der Waals surface area contributed by atoms with Gasteiger partial charge in [-0.25, -0.2) is 9.98 Å². The number of para-hydroxylation sites is 1. The first-order valence-electron chi connectivity index (χ1n) is 6.02. The molecule has 5 heteroatoms. The molecule has 0 atom stereocenters. The fourth-order valence-electron chi connectivity index (χ4n) is 1.69. The van der Waals surface area contributed by atoms with E-state index >= 15 is 0 Å².